The largest absolute Gasteiger partial charge is 0.367 e. The summed E-state index contributed by atoms with van der Waals surface area (Å²) in [5, 5.41) is 2.74. The third kappa shape index (κ3) is 5.10. The highest BCUT2D eigenvalue weighted by atomic mass is 19.1. The van der Waals surface area contributed by atoms with E-state index in [1.54, 1.807) is 30.6 Å². The number of anilines is 2. The van der Waals surface area contributed by atoms with E-state index in [9.17, 15) is 13.6 Å². The number of rotatable bonds is 6. The van der Waals surface area contributed by atoms with E-state index in [0.29, 0.717) is 28.6 Å². The van der Waals surface area contributed by atoms with Crippen LogP contribution in [0.4, 0.5) is 20.2 Å². The molecule has 5 rings (SSSR count). The number of amides is 1. The topological polar surface area (TPSA) is 82.1 Å². The minimum absolute atomic E-state index is 0.0702. The van der Waals surface area contributed by atoms with Crippen molar-refractivity contribution in [1.82, 2.24) is 24.4 Å². The quantitative estimate of drug-likeness (QED) is 0.393. The van der Waals surface area contributed by atoms with Crippen LogP contribution in [0.5, 0.6) is 0 Å². The molecule has 0 atom stereocenters. The molecular formula is C27H29F2N7O. The Balaban J connectivity index is 1.37. The molecule has 1 aliphatic heterocycles. The van der Waals surface area contributed by atoms with E-state index in [1.165, 1.54) is 24.4 Å². The van der Waals surface area contributed by atoms with E-state index < -0.39 is 5.91 Å². The Morgan fingerprint density at radius 2 is 1.76 bits per heavy atom. The molecule has 0 spiro atoms. The predicted molar refractivity (Wildman–Crippen MR) is 140 cm³/mol. The van der Waals surface area contributed by atoms with Gasteiger partial charge in [0.2, 0.25) is 0 Å². The molecule has 4 aromatic rings. The second-order valence-electron chi connectivity index (χ2n) is 9.51. The average molecular weight is 506 g/mol. The maximum absolute atomic E-state index is 14.9. The number of carbonyl (C=O) groups is 1. The Bertz CT molecular complexity index is 1400. The minimum Gasteiger partial charge on any atom is -0.367 e. The van der Waals surface area contributed by atoms with Gasteiger partial charge >= 0.3 is 0 Å². The standard InChI is InChI=1S/C27H29F2N7O/c1-17(2)36-16-31-24(18-4-6-19(28)7-5-18)25(36)26-30-15-22(33-26)27(37)32-20-8-9-23(21(29)14-20)35-12-10-34(3)11-13-35/h4-9,14-17H,10-13H2,1-3H3,(H,30,33)(H,32,37). The van der Waals surface area contributed by atoms with Crippen molar-refractivity contribution in [2.45, 2.75) is 19.9 Å². The van der Waals surface area contributed by atoms with Crippen LogP contribution in [-0.2, 0) is 0 Å². The van der Waals surface area contributed by atoms with Crippen molar-refractivity contribution in [3.63, 3.8) is 0 Å². The minimum atomic E-state index is -0.440. The van der Waals surface area contributed by atoms with Gasteiger partial charge in [-0.15, -0.1) is 0 Å². The van der Waals surface area contributed by atoms with Crippen LogP contribution in [0.25, 0.3) is 22.8 Å². The van der Waals surface area contributed by atoms with Gasteiger partial charge in [0.1, 0.15) is 23.0 Å². The van der Waals surface area contributed by atoms with Gasteiger partial charge in [-0.1, -0.05) is 0 Å². The Labute approximate surface area is 214 Å². The highest BCUT2D eigenvalue weighted by molar-refractivity contribution is 6.03. The Kier molecular flexibility index (Phi) is 6.75. The molecule has 0 bridgehead atoms. The molecule has 3 heterocycles. The van der Waals surface area contributed by atoms with Crippen LogP contribution in [0, 0.1) is 11.6 Å². The van der Waals surface area contributed by atoms with Gasteiger partial charge in [-0.05, 0) is 63.4 Å². The lowest BCUT2D eigenvalue weighted by Crippen LogP contribution is -2.44. The Hall–Kier alpha value is -4.05. The zero-order valence-corrected chi connectivity index (χ0v) is 21.0. The molecule has 1 saturated heterocycles. The second kappa shape index (κ2) is 10.1. The maximum Gasteiger partial charge on any atom is 0.273 e. The normalized spacial score (nSPS) is 14.4. The summed E-state index contributed by atoms with van der Waals surface area (Å²) in [5.41, 5.74) is 3.15. The molecule has 0 aliphatic carbocycles. The van der Waals surface area contributed by atoms with E-state index in [2.05, 4.69) is 25.2 Å². The van der Waals surface area contributed by atoms with Gasteiger partial charge in [0.15, 0.2) is 5.82 Å². The molecule has 8 nitrogen and oxygen atoms in total. The zero-order valence-electron chi connectivity index (χ0n) is 21.0. The average Bonchev–Trinajstić information content (AvgIpc) is 3.53. The second-order valence-corrected chi connectivity index (χ2v) is 9.51. The van der Waals surface area contributed by atoms with E-state index >= 15 is 0 Å². The molecule has 37 heavy (non-hydrogen) atoms. The van der Waals surface area contributed by atoms with Crippen molar-refractivity contribution in [2.24, 2.45) is 0 Å². The summed E-state index contributed by atoms with van der Waals surface area (Å²) < 4.78 is 30.3. The molecule has 2 aromatic heterocycles. The number of benzene rings is 2. The summed E-state index contributed by atoms with van der Waals surface area (Å²) >= 11 is 0. The van der Waals surface area contributed by atoms with Crippen molar-refractivity contribution < 1.29 is 13.6 Å². The molecule has 2 aromatic carbocycles. The van der Waals surface area contributed by atoms with Crippen LogP contribution in [0.3, 0.4) is 0 Å². The molecule has 1 aliphatic rings. The van der Waals surface area contributed by atoms with Crippen LogP contribution in [-0.4, -0.2) is 63.6 Å². The summed E-state index contributed by atoms with van der Waals surface area (Å²) in [5.74, 6) is -0.701. The molecule has 10 heteroatoms. The number of aromatic amines is 1. The van der Waals surface area contributed by atoms with Gasteiger partial charge in [0.05, 0.1) is 23.9 Å². The summed E-state index contributed by atoms with van der Waals surface area (Å²) in [6, 6.07) is 10.9. The number of nitrogens with zero attached hydrogens (tertiary/aromatic N) is 5. The fourth-order valence-electron chi connectivity index (χ4n) is 4.45. The van der Waals surface area contributed by atoms with Gasteiger partial charge in [-0.3, -0.25) is 4.79 Å². The van der Waals surface area contributed by atoms with E-state index in [4.69, 9.17) is 0 Å². The molecule has 1 amide bonds. The maximum atomic E-state index is 14.9. The Morgan fingerprint density at radius 3 is 2.43 bits per heavy atom. The first-order valence-corrected chi connectivity index (χ1v) is 12.2. The van der Waals surface area contributed by atoms with Crippen LogP contribution >= 0.6 is 0 Å². The molecule has 0 radical (unpaired) electrons. The third-order valence-corrected chi connectivity index (χ3v) is 6.56. The monoisotopic (exact) mass is 505 g/mol. The lowest BCUT2D eigenvalue weighted by atomic mass is 10.1. The number of carbonyl (C=O) groups excluding carboxylic acids is 1. The number of halogens is 2. The molecule has 192 valence electrons. The summed E-state index contributed by atoms with van der Waals surface area (Å²) in [6.07, 6.45) is 3.14. The summed E-state index contributed by atoms with van der Waals surface area (Å²) in [7, 11) is 2.05. The van der Waals surface area contributed by atoms with E-state index in [0.717, 1.165) is 31.7 Å². The number of piperazine rings is 1. The van der Waals surface area contributed by atoms with Crippen LogP contribution in [0.15, 0.2) is 55.0 Å². The van der Waals surface area contributed by atoms with Gasteiger partial charge in [-0.25, -0.2) is 18.7 Å². The molecule has 0 saturated carbocycles. The van der Waals surface area contributed by atoms with Gasteiger partial charge in [0.25, 0.3) is 5.91 Å². The highest BCUT2D eigenvalue weighted by Crippen LogP contribution is 2.32. The lowest BCUT2D eigenvalue weighted by molar-refractivity contribution is 0.102. The number of H-pyrrole nitrogens is 1. The fourth-order valence-corrected chi connectivity index (χ4v) is 4.45. The van der Waals surface area contributed by atoms with Crippen LogP contribution in [0.2, 0.25) is 0 Å². The van der Waals surface area contributed by atoms with Crippen molar-refractivity contribution in [1.29, 1.82) is 0 Å². The van der Waals surface area contributed by atoms with Crippen molar-refractivity contribution >= 4 is 17.3 Å². The summed E-state index contributed by atoms with van der Waals surface area (Å²) in [4.78, 5) is 29.2. The number of imidazole rings is 2. The Morgan fingerprint density at radius 1 is 1.03 bits per heavy atom. The van der Waals surface area contributed by atoms with Crippen molar-refractivity contribution in [3.05, 3.63) is 72.3 Å². The highest BCUT2D eigenvalue weighted by Gasteiger charge is 2.22. The first kappa shape index (κ1) is 24.6. The predicted octanol–water partition coefficient (Wildman–Crippen LogP) is 4.80. The number of hydrogen-bond donors (Lipinski definition) is 2. The summed E-state index contributed by atoms with van der Waals surface area (Å²) in [6.45, 7) is 7.27. The zero-order chi connectivity index (χ0) is 26.1. The van der Waals surface area contributed by atoms with Crippen molar-refractivity contribution in [2.75, 3.05) is 43.4 Å². The number of hydrogen-bond acceptors (Lipinski definition) is 5. The first-order valence-electron chi connectivity index (χ1n) is 12.2. The van der Waals surface area contributed by atoms with E-state index in [1.807, 2.05) is 30.4 Å². The van der Waals surface area contributed by atoms with Crippen molar-refractivity contribution in [3.8, 4) is 22.8 Å². The third-order valence-electron chi connectivity index (χ3n) is 6.56. The smallest absolute Gasteiger partial charge is 0.273 e. The number of aromatic nitrogens is 4. The first-order chi connectivity index (χ1) is 17.8. The molecule has 0 unspecified atom stereocenters. The number of nitrogens with one attached hydrogen (secondary N) is 2. The SMILES string of the molecule is CC(C)n1cnc(-c2ccc(F)cc2)c1-c1ncc(C(=O)Nc2ccc(N3CCN(C)CC3)c(F)c2)[nH]1. The fraction of sp³-hybridized carbons (Fsp3) is 0.296. The molecule has 1 fully saturated rings. The van der Waals surface area contributed by atoms with Crippen LogP contribution < -0.4 is 10.2 Å². The molecular weight excluding hydrogens is 476 g/mol. The van der Waals surface area contributed by atoms with Crippen LogP contribution in [0.1, 0.15) is 30.4 Å². The van der Waals surface area contributed by atoms with Gasteiger partial charge < -0.3 is 24.7 Å². The number of likely N-dealkylation sites (N-methyl/N-ethyl adjacent to an activating group) is 1. The molecule has 2 N–H and O–H groups in total. The van der Waals surface area contributed by atoms with Gasteiger partial charge in [-0.2, -0.15) is 0 Å². The van der Waals surface area contributed by atoms with E-state index in [-0.39, 0.29) is 23.4 Å². The lowest BCUT2D eigenvalue weighted by Gasteiger charge is -2.34. The van der Waals surface area contributed by atoms with Gasteiger partial charge in [0, 0.05) is 43.5 Å².